The third kappa shape index (κ3) is 3.34. The average molecular weight is 209 g/mol. The van der Waals surface area contributed by atoms with Crippen molar-refractivity contribution < 1.29 is 14.6 Å². The lowest BCUT2D eigenvalue weighted by atomic mass is 10.0. The number of benzene rings is 1. The van der Waals surface area contributed by atoms with Gasteiger partial charge in [0.2, 0.25) is 0 Å². The SMILES string of the molecule is COC(=O)C(O)[C@@H](N)Cc1ccccc1. The molecule has 0 saturated carbocycles. The van der Waals surface area contributed by atoms with Gasteiger partial charge in [0.25, 0.3) is 0 Å². The normalized spacial score (nSPS) is 14.3. The Morgan fingerprint density at radius 2 is 2.07 bits per heavy atom. The van der Waals surface area contributed by atoms with E-state index in [-0.39, 0.29) is 0 Å². The Labute approximate surface area is 88.7 Å². The minimum absolute atomic E-state index is 0.442. The van der Waals surface area contributed by atoms with Gasteiger partial charge in [0.15, 0.2) is 6.10 Å². The Morgan fingerprint density at radius 3 is 2.60 bits per heavy atom. The highest BCUT2D eigenvalue weighted by Gasteiger charge is 2.23. The number of aliphatic hydroxyl groups excluding tert-OH is 1. The summed E-state index contributed by atoms with van der Waals surface area (Å²) in [6.45, 7) is 0. The summed E-state index contributed by atoms with van der Waals surface area (Å²) in [5.41, 5.74) is 6.65. The standard InChI is InChI=1S/C11H15NO3/c1-15-11(14)10(13)9(12)7-8-5-3-2-4-6-8/h2-6,9-10,13H,7,12H2,1H3/t9-,10?/m0/s1. The second-order valence-electron chi connectivity index (χ2n) is 3.32. The molecule has 0 bridgehead atoms. The van der Waals surface area contributed by atoms with Crippen molar-refractivity contribution in [1.82, 2.24) is 0 Å². The molecule has 0 aliphatic carbocycles. The summed E-state index contributed by atoms with van der Waals surface area (Å²) in [5, 5.41) is 9.45. The minimum Gasteiger partial charge on any atom is -0.467 e. The molecule has 0 aromatic heterocycles. The van der Waals surface area contributed by atoms with Crippen LogP contribution in [0.25, 0.3) is 0 Å². The van der Waals surface area contributed by atoms with Gasteiger partial charge in [0.05, 0.1) is 7.11 Å². The van der Waals surface area contributed by atoms with Crippen LogP contribution >= 0.6 is 0 Å². The van der Waals surface area contributed by atoms with Crippen molar-refractivity contribution in [2.75, 3.05) is 7.11 Å². The molecular weight excluding hydrogens is 194 g/mol. The molecular formula is C11H15NO3. The summed E-state index contributed by atoms with van der Waals surface area (Å²) in [5.74, 6) is -0.696. The fraction of sp³-hybridized carbons (Fsp3) is 0.364. The van der Waals surface area contributed by atoms with Gasteiger partial charge in [-0.05, 0) is 12.0 Å². The van der Waals surface area contributed by atoms with Crippen molar-refractivity contribution in [2.24, 2.45) is 5.73 Å². The number of ether oxygens (including phenoxy) is 1. The van der Waals surface area contributed by atoms with Gasteiger partial charge in [-0.25, -0.2) is 4.79 Å². The first-order valence-corrected chi connectivity index (χ1v) is 4.70. The van der Waals surface area contributed by atoms with E-state index in [4.69, 9.17) is 5.73 Å². The molecule has 0 radical (unpaired) electrons. The Hall–Kier alpha value is -1.39. The number of esters is 1. The van der Waals surface area contributed by atoms with E-state index in [1.807, 2.05) is 30.3 Å². The van der Waals surface area contributed by atoms with E-state index in [1.54, 1.807) is 0 Å². The van der Waals surface area contributed by atoms with Crippen LogP contribution in [-0.4, -0.2) is 30.3 Å². The number of hydrogen-bond donors (Lipinski definition) is 2. The molecule has 0 amide bonds. The number of nitrogens with two attached hydrogens (primary N) is 1. The van der Waals surface area contributed by atoms with Crippen LogP contribution in [0.5, 0.6) is 0 Å². The maximum Gasteiger partial charge on any atom is 0.336 e. The summed E-state index contributed by atoms with van der Waals surface area (Å²) in [7, 11) is 1.22. The largest absolute Gasteiger partial charge is 0.467 e. The van der Waals surface area contributed by atoms with E-state index in [9.17, 15) is 9.90 Å². The maximum absolute atomic E-state index is 11.0. The van der Waals surface area contributed by atoms with Crippen molar-refractivity contribution in [2.45, 2.75) is 18.6 Å². The number of hydrogen-bond acceptors (Lipinski definition) is 4. The molecule has 1 unspecified atom stereocenters. The molecule has 15 heavy (non-hydrogen) atoms. The van der Waals surface area contributed by atoms with Gasteiger partial charge in [-0.1, -0.05) is 30.3 Å². The van der Waals surface area contributed by atoms with E-state index in [0.717, 1.165) is 5.56 Å². The fourth-order valence-corrected chi connectivity index (χ4v) is 1.29. The highest BCUT2D eigenvalue weighted by Crippen LogP contribution is 2.05. The van der Waals surface area contributed by atoms with Crippen LogP contribution in [0.3, 0.4) is 0 Å². The van der Waals surface area contributed by atoms with Gasteiger partial charge in [0.1, 0.15) is 0 Å². The lowest BCUT2D eigenvalue weighted by Gasteiger charge is -2.16. The zero-order valence-electron chi connectivity index (χ0n) is 8.59. The van der Waals surface area contributed by atoms with E-state index >= 15 is 0 Å². The summed E-state index contributed by atoms with van der Waals surface area (Å²) in [6, 6.07) is 8.80. The third-order valence-electron chi connectivity index (χ3n) is 2.16. The van der Waals surface area contributed by atoms with Crippen LogP contribution in [0.4, 0.5) is 0 Å². The summed E-state index contributed by atoms with van der Waals surface area (Å²) >= 11 is 0. The first-order chi connectivity index (χ1) is 7.15. The highest BCUT2D eigenvalue weighted by molar-refractivity contribution is 5.75. The van der Waals surface area contributed by atoms with Crippen molar-refractivity contribution in [3.8, 4) is 0 Å². The van der Waals surface area contributed by atoms with Crippen LogP contribution in [0.1, 0.15) is 5.56 Å². The Bertz CT molecular complexity index is 313. The van der Waals surface area contributed by atoms with E-state index in [2.05, 4.69) is 4.74 Å². The van der Waals surface area contributed by atoms with E-state index in [0.29, 0.717) is 6.42 Å². The quantitative estimate of drug-likeness (QED) is 0.689. The molecule has 0 spiro atoms. The minimum atomic E-state index is -1.27. The second kappa shape index (κ2) is 5.48. The lowest BCUT2D eigenvalue weighted by molar-refractivity contribution is -0.151. The molecule has 1 rings (SSSR count). The third-order valence-corrected chi connectivity index (χ3v) is 2.16. The number of rotatable bonds is 4. The fourth-order valence-electron chi connectivity index (χ4n) is 1.29. The topological polar surface area (TPSA) is 72.5 Å². The molecule has 0 heterocycles. The summed E-state index contributed by atoms with van der Waals surface area (Å²) in [4.78, 5) is 11.0. The number of methoxy groups -OCH3 is 1. The van der Waals surface area contributed by atoms with Crippen molar-refractivity contribution >= 4 is 5.97 Å². The van der Waals surface area contributed by atoms with E-state index in [1.165, 1.54) is 7.11 Å². The predicted molar refractivity (Wildman–Crippen MR) is 56.1 cm³/mol. The molecule has 2 atom stereocenters. The maximum atomic E-state index is 11.0. The molecule has 4 heteroatoms. The lowest BCUT2D eigenvalue weighted by Crippen LogP contribution is -2.42. The van der Waals surface area contributed by atoms with Gasteiger partial charge in [-0.15, -0.1) is 0 Å². The Morgan fingerprint density at radius 1 is 1.47 bits per heavy atom. The zero-order chi connectivity index (χ0) is 11.3. The number of carbonyl (C=O) groups is 1. The summed E-state index contributed by atoms with van der Waals surface area (Å²) in [6.07, 6.45) is -0.827. The van der Waals surface area contributed by atoms with Gasteiger partial charge in [-0.2, -0.15) is 0 Å². The van der Waals surface area contributed by atoms with Crippen LogP contribution < -0.4 is 5.73 Å². The molecule has 0 aliphatic rings. The Kier molecular flexibility index (Phi) is 4.27. The molecule has 82 valence electrons. The van der Waals surface area contributed by atoms with Gasteiger partial charge < -0.3 is 15.6 Å². The first kappa shape index (κ1) is 11.7. The van der Waals surface area contributed by atoms with Gasteiger partial charge >= 0.3 is 5.97 Å². The van der Waals surface area contributed by atoms with E-state index < -0.39 is 18.1 Å². The highest BCUT2D eigenvalue weighted by atomic mass is 16.5. The monoisotopic (exact) mass is 209 g/mol. The van der Waals surface area contributed by atoms with Gasteiger partial charge in [-0.3, -0.25) is 0 Å². The van der Waals surface area contributed by atoms with Crippen molar-refractivity contribution in [3.63, 3.8) is 0 Å². The van der Waals surface area contributed by atoms with Crippen LogP contribution in [0.2, 0.25) is 0 Å². The molecule has 1 aromatic rings. The van der Waals surface area contributed by atoms with Crippen molar-refractivity contribution in [3.05, 3.63) is 35.9 Å². The average Bonchev–Trinajstić information content (AvgIpc) is 2.28. The summed E-state index contributed by atoms with van der Waals surface area (Å²) < 4.78 is 4.40. The van der Waals surface area contributed by atoms with Crippen LogP contribution in [0.15, 0.2) is 30.3 Å². The number of aliphatic hydroxyl groups is 1. The first-order valence-electron chi connectivity index (χ1n) is 4.70. The molecule has 0 saturated heterocycles. The number of carbonyl (C=O) groups excluding carboxylic acids is 1. The van der Waals surface area contributed by atoms with Crippen molar-refractivity contribution in [1.29, 1.82) is 0 Å². The molecule has 4 nitrogen and oxygen atoms in total. The van der Waals surface area contributed by atoms with Crippen LogP contribution in [-0.2, 0) is 16.0 Å². The molecule has 1 aromatic carbocycles. The second-order valence-corrected chi connectivity index (χ2v) is 3.32. The predicted octanol–water partition coefficient (Wildman–Crippen LogP) is 0.0903. The molecule has 0 fully saturated rings. The van der Waals surface area contributed by atoms with Gasteiger partial charge in [0, 0.05) is 6.04 Å². The Balaban J connectivity index is 2.56. The molecule has 3 N–H and O–H groups in total. The zero-order valence-corrected chi connectivity index (χ0v) is 8.59. The van der Waals surface area contributed by atoms with Crippen LogP contribution in [0, 0.1) is 0 Å². The molecule has 0 aliphatic heterocycles. The smallest absolute Gasteiger partial charge is 0.336 e.